The van der Waals surface area contributed by atoms with E-state index in [4.69, 9.17) is 5.11 Å². The number of aliphatic hydroxyl groups excluding tert-OH is 3. The van der Waals surface area contributed by atoms with Crippen molar-refractivity contribution in [3.8, 4) is 5.75 Å². The lowest BCUT2D eigenvalue weighted by Gasteiger charge is -2.19. The smallest absolute Gasteiger partial charge is 0.122 e. The van der Waals surface area contributed by atoms with Gasteiger partial charge in [0.2, 0.25) is 0 Å². The number of hydrogen-bond donors (Lipinski definition) is 4. The van der Waals surface area contributed by atoms with Gasteiger partial charge in [0, 0.05) is 5.56 Å². The van der Waals surface area contributed by atoms with Crippen molar-refractivity contribution in [3.63, 3.8) is 0 Å². The molecule has 0 aliphatic carbocycles. The summed E-state index contributed by atoms with van der Waals surface area (Å²) < 4.78 is 0. The third kappa shape index (κ3) is 2.10. The lowest BCUT2D eigenvalue weighted by Crippen LogP contribution is -2.22. The van der Waals surface area contributed by atoms with Gasteiger partial charge in [-0.25, -0.2) is 0 Å². The Labute approximate surface area is 98.4 Å². The molecule has 0 fully saturated rings. The van der Waals surface area contributed by atoms with Crippen LogP contribution >= 0.6 is 0 Å². The highest BCUT2D eigenvalue weighted by atomic mass is 16.4. The highest BCUT2D eigenvalue weighted by molar-refractivity contribution is 5.88. The molecule has 4 heteroatoms. The monoisotopic (exact) mass is 234 g/mol. The minimum absolute atomic E-state index is 0.0938. The molecular weight excluding hydrogens is 220 g/mol. The van der Waals surface area contributed by atoms with Crippen molar-refractivity contribution in [2.45, 2.75) is 12.2 Å². The summed E-state index contributed by atoms with van der Waals surface area (Å²) in [6.45, 7) is -0.566. The number of fused-ring (bicyclic) bond motifs is 1. The number of aromatic hydroxyl groups is 1. The maximum atomic E-state index is 9.90. The van der Waals surface area contributed by atoms with Crippen LogP contribution in [0.3, 0.4) is 0 Å². The van der Waals surface area contributed by atoms with E-state index in [0.29, 0.717) is 5.39 Å². The Morgan fingerprint density at radius 1 is 1.00 bits per heavy atom. The van der Waals surface area contributed by atoms with Crippen LogP contribution in [0.4, 0.5) is 0 Å². The fourth-order valence-corrected chi connectivity index (χ4v) is 1.89. The van der Waals surface area contributed by atoms with Crippen LogP contribution in [0.15, 0.2) is 36.4 Å². The first-order valence-corrected chi connectivity index (χ1v) is 5.32. The summed E-state index contributed by atoms with van der Waals surface area (Å²) in [5, 5.41) is 39.5. The molecule has 4 N–H and O–H groups in total. The zero-order valence-electron chi connectivity index (χ0n) is 9.11. The number of rotatable bonds is 3. The van der Waals surface area contributed by atoms with Crippen molar-refractivity contribution in [3.05, 3.63) is 42.0 Å². The Kier molecular flexibility index (Phi) is 3.28. The van der Waals surface area contributed by atoms with Gasteiger partial charge in [-0.3, -0.25) is 0 Å². The van der Waals surface area contributed by atoms with Gasteiger partial charge in [-0.1, -0.05) is 30.3 Å². The van der Waals surface area contributed by atoms with Gasteiger partial charge in [0.15, 0.2) is 0 Å². The first-order valence-electron chi connectivity index (χ1n) is 5.32. The Bertz CT molecular complexity index is 524. The first kappa shape index (κ1) is 11.9. The molecule has 2 aromatic rings. The molecule has 2 atom stereocenters. The van der Waals surface area contributed by atoms with Crippen molar-refractivity contribution in [1.29, 1.82) is 0 Å². The molecule has 0 aromatic heterocycles. The Balaban J connectivity index is 2.62. The maximum absolute atomic E-state index is 9.90. The number of aliphatic hydroxyl groups is 3. The lowest BCUT2D eigenvalue weighted by molar-refractivity contribution is -0.0154. The number of phenolic OH excluding ortho intramolecular Hbond substituents is 1. The van der Waals surface area contributed by atoms with Gasteiger partial charge in [-0.05, 0) is 16.8 Å². The molecule has 0 aliphatic heterocycles. The zero-order valence-corrected chi connectivity index (χ0v) is 9.11. The zero-order chi connectivity index (χ0) is 12.4. The number of benzene rings is 2. The molecule has 2 rings (SSSR count). The molecule has 2 unspecified atom stereocenters. The van der Waals surface area contributed by atoms with Crippen LogP contribution in [0.2, 0.25) is 0 Å². The molecule has 0 saturated heterocycles. The minimum Gasteiger partial charge on any atom is -0.508 e. The quantitative estimate of drug-likeness (QED) is 0.637. The van der Waals surface area contributed by atoms with Gasteiger partial charge >= 0.3 is 0 Å². The summed E-state index contributed by atoms with van der Waals surface area (Å²) in [5.74, 6) is -0.0938. The second kappa shape index (κ2) is 4.71. The molecule has 0 bridgehead atoms. The van der Waals surface area contributed by atoms with Crippen LogP contribution in [-0.4, -0.2) is 33.1 Å². The average Bonchev–Trinajstić information content (AvgIpc) is 2.37. The third-order valence-electron chi connectivity index (χ3n) is 2.79. The normalized spacial score (nSPS) is 14.8. The average molecular weight is 234 g/mol. The van der Waals surface area contributed by atoms with Crippen molar-refractivity contribution in [1.82, 2.24) is 0 Å². The van der Waals surface area contributed by atoms with Gasteiger partial charge < -0.3 is 20.4 Å². The Morgan fingerprint density at radius 2 is 1.71 bits per heavy atom. The van der Waals surface area contributed by atoms with E-state index in [9.17, 15) is 15.3 Å². The first-order chi connectivity index (χ1) is 8.15. The molecule has 90 valence electrons. The summed E-state index contributed by atoms with van der Waals surface area (Å²) in [7, 11) is 0. The van der Waals surface area contributed by atoms with E-state index in [0.717, 1.165) is 5.39 Å². The van der Waals surface area contributed by atoms with Crippen LogP contribution in [0.25, 0.3) is 10.8 Å². The van der Waals surface area contributed by atoms with Gasteiger partial charge in [0.1, 0.15) is 18.0 Å². The van der Waals surface area contributed by atoms with Crippen LogP contribution in [0.1, 0.15) is 11.7 Å². The Hall–Kier alpha value is -1.62. The summed E-state index contributed by atoms with van der Waals surface area (Å²) in [5.41, 5.74) is 0.240. The van der Waals surface area contributed by atoms with Crippen molar-refractivity contribution in [2.24, 2.45) is 0 Å². The molecule has 4 nitrogen and oxygen atoms in total. The van der Waals surface area contributed by atoms with Crippen LogP contribution in [-0.2, 0) is 0 Å². The molecule has 17 heavy (non-hydrogen) atoms. The molecular formula is C13H14O4. The topological polar surface area (TPSA) is 80.9 Å². The van der Waals surface area contributed by atoms with E-state index in [1.807, 2.05) is 12.1 Å². The fraction of sp³-hybridized carbons (Fsp3) is 0.231. The molecule has 0 radical (unpaired) electrons. The van der Waals surface area contributed by atoms with E-state index in [-0.39, 0.29) is 11.3 Å². The van der Waals surface area contributed by atoms with Crippen LogP contribution in [0.5, 0.6) is 5.75 Å². The molecule has 0 aliphatic rings. The second-order valence-corrected chi connectivity index (χ2v) is 3.91. The van der Waals surface area contributed by atoms with Gasteiger partial charge in [-0.15, -0.1) is 0 Å². The van der Waals surface area contributed by atoms with Gasteiger partial charge in [0.05, 0.1) is 6.61 Å². The highest BCUT2D eigenvalue weighted by Crippen LogP contribution is 2.33. The van der Waals surface area contributed by atoms with E-state index < -0.39 is 18.8 Å². The van der Waals surface area contributed by atoms with Crippen molar-refractivity contribution in [2.75, 3.05) is 6.61 Å². The molecule has 0 spiro atoms. The van der Waals surface area contributed by atoms with Crippen LogP contribution in [0, 0.1) is 0 Å². The van der Waals surface area contributed by atoms with Crippen molar-refractivity contribution < 1.29 is 20.4 Å². The lowest BCUT2D eigenvalue weighted by atomic mass is 9.96. The van der Waals surface area contributed by atoms with E-state index >= 15 is 0 Å². The van der Waals surface area contributed by atoms with E-state index in [1.54, 1.807) is 18.2 Å². The number of phenols is 1. The van der Waals surface area contributed by atoms with Gasteiger partial charge in [0.25, 0.3) is 0 Å². The summed E-state index contributed by atoms with van der Waals surface area (Å²) in [6.07, 6.45) is -2.63. The van der Waals surface area contributed by atoms with E-state index in [1.165, 1.54) is 6.07 Å². The largest absolute Gasteiger partial charge is 0.508 e. The molecule has 2 aromatic carbocycles. The summed E-state index contributed by atoms with van der Waals surface area (Å²) >= 11 is 0. The summed E-state index contributed by atoms with van der Waals surface area (Å²) in [4.78, 5) is 0. The second-order valence-electron chi connectivity index (χ2n) is 3.91. The number of hydrogen-bond acceptors (Lipinski definition) is 4. The predicted molar refractivity (Wildman–Crippen MR) is 63.7 cm³/mol. The maximum Gasteiger partial charge on any atom is 0.122 e. The molecule has 0 heterocycles. The van der Waals surface area contributed by atoms with Gasteiger partial charge in [-0.2, -0.15) is 0 Å². The van der Waals surface area contributed by atoms with Crippen LogP contribution < -0.4 is 0 Å². The highest BCUT2D eigenvalue weighted by Gasteiger charge is 2.22. The fourth-order valence-electron chi connectivity index (χ4n) is 1.89. The Morgan fingerprint density at radius 3 is 2.41 bits per heavy atom. The summed E-state index contributed by atoms with van der Waals surface area (Å²) in [6, 6.07) is 10.4. The SMILES string of the molecule is OCC(O)C(O)c1c(O)ccc2ccccc12. The molecule has 0 amide bonds. The third-order valence-corrected chi connectivity index (χ3v) is 2.79. The van der Waals surface area contributed by atoms with E-state index in [2.05, 4.69) is 0 Å². The molecule has 0 saturated carbocycles. The minimum atomic E-state index is -1.31. The predicted octanol–water partition coefficient (Wildman–Crippen LogP) is 0.932. The van der Waals surface area contributed by atoms with Crippen molar-refractivity contribution >= 4 is 10.8 Å². The standard InChI is InChI=1S/C13H14O4/c14-7-11(16)13(17)12-9-4-2-1-3-8(9)5-6-10(12)15/h1-6,11,13-17H,7H2.